The van der Waals surface area contributed by atoms with Crippen molar-refractivity contribution in [1.82, 2.24) is 0 Å². The molecule has 0 spiro atoms. The minimum absolute atomic E-state index is 0.263. The summed E-state index contributed by atoms with van der Waals surface area (Å²) in [6.07, 6.45) is 0.889. The molecule has 1 aliphatic heterocycles. The molecule has 2 atom stereocenters. The van der Waals surface area contributed by atoms with Crippen LogP contribution in [0, 0.1) is 19.8 Å². The molecule has 1 fully saturated rings. The minimum atomic E-state index is -0.263. The van der Waals surface area contributed by atoms with Gasteiger partial charge in [-0.15, -0.1) is 0 Å². The number of aliphatic hydroxyl groups excluding tert-OH is 1. The van der Waals surface area contributed by atoms with Crippen LogP contribution in [0.3, 0.4) is 0 Å². The number of aryl methyl sites for hydroxylation is 2. The summed E-state index contributed by atoms with van der Waals surface area (Å²) >= 11 is 1.95. The van der Waals surface area contributed by atoms with Crippen LogP contribution in [0.2, 0.25) is 0 Å². The van der Waals surface area contributed by atoms with Crippen LogP contribution in [-0.2, 0) is 0 Å². The van der Waals surface area contributed by atoms with Crippen molar-refractivity contribution < 1.29 is 5.11 Å². The van der Waals surface area contributed by atoms with E-state index in [9.17, 15) is 5.11 Å². The number of rotatable bonds is 2. The van der Waals surface area contributed by atoms with E-state index >= 15 is 0 Å². The molecule has 0 aromatic heterocycles. The summed E-state index contributed by atoms with van der Waals surface area (Å²) < 4.78 is 0. The molecular weight excluding hydrogens is 204 g/mol. The van der Waals surface area contributed by atoms with E-state index in [0.29, 0.717) is 5.92 Å². The Balaban J connectivity index is 2.20. The predicted octanol–water partition coefficient (Wildman–Crippen LogP) is 3.09. The Kier molecular flexibility index (Phi) is 3.37. The van der Waals surface area contributed by atoms with E-state index < -0.39 is 0 Å². The lowest BCUT2D eigenvalue weighted by atomic mass is 9.92. The summed E-state index contributed by atoms with van der Waals surface area (Å²) in [6.45, 7) is 4.18. The zero-order valence-electron chi connectivity index (χ0n) is 9.36. The predicted molar refractivity (Wildman–Crippen MR) is 66.3 cm³/mol. The molecule has 0 amide bonds. The van der Waals surface area contributed by atoms with Gasteiger partial charge in [-0.05, 0) is 48.8 Å². The maximum absolute atomic E-state index is 10.3. The lowest BCUT2D eigenvalue weighted by Crippen LogP contribution is -2.12. The molecule has 1 aromatic carbocycles. The second kappa shape index (κ2) is 4.58. The number of hydrogen-bond acceptors (Lipinski definition) is 2. The van der Waals surface area contributed by atoms with Crippen molar-refractivity contribution >= 4 is 11.8 Å². The maximum atomic E-state index is 10.3. The van der Waals surface area contributed by atoms with Gasteiger partial charge in [0.05, 0.1) is 6.10 Å². The highest BCUT2D eigenvalue weighted by molar-refractivity contribution is 7.99. The fraction of sp³-hybridized carbons (Fsp3) is 0.538. The fourth-order valence-electron chi connectivity index (χ4n) is 2.21. The monoisotopic (exact) mass is 222 g/mol. The Bertz CT molecular complexity index is 342. The number of hydrogen-bond donors (Lipinski definition) is 1. The van der Waals surface area contributed by atoms with Crippen molar-refractivity contribution in [2.75, 3.05) is 11.5 Å². The smallest absolute Gasteiger partial charge is 0.0828 e. The second-order valence-corrected chi connectivity index (χ2v) is 5.58. The summed E-state index contributed by atoms with van der Waals surface area (Å²) in [5, 5.41) is 10.3. The van der Waals surface area contributed by atoms with Gasteiger partial charge in [0.1, 0.15) is 0 Å². The van der Waals surface area contributed by atoms with Crippen LogP contribution >= 0.6 is 11.8 Å². The SMILES string of the molecule is Cc1ccc(C(O)C2CCSC2)c(C)c1. The van der Waals surface area contributed by atoms with E-state index in [1.165, 1.54) is 16.9 Å². The van der Waals surface area contributed by atoms with E-state index in [1.807, 2.05) is 11.8 Å². The second-order valence-electron chi connectivity index (χ2n) is 4.43. The minimum Gasteiger partial charge on any atom is -0.388 e. The van der Waals surface area contributed by atoms with Crippen LogP contribution in [0.25, 0.3) is 0 Å². The largest absolute Gasteiger partial charge is 0.388 e. The third-order valence-corrected chi connectivity index (χ3v) is 4.34. The molecule has 1 aliphatic rings. The quantitative estimate of drug-likeness (QED) is 0.830. The summed E-state index contributed by atoms with van der Waals surface area (Å²) in [7, 11) is 0. The molecule has 0 radical (unpaired) electrons. The Labute approximate surface area is 95.9 Å². The third kappa shape index (κ3) is 2.37. The highest BCUT2D eigenvalue weighted by atomic mass is 32.2. The molecule has 1 nitrogen and oxygen atoms in total. The topological polar surface area (TPSA) is 20.2 Å². The van der Waals surface area contributed by atoms with Crippen molar-refractivity contribution in [3.05, 3.63) is 34.9 Å². The van der Waals surface area contributed by atoms with Crippen molar-refractivity contribution in [3.8, 4) is 0 Å². The van der Waals surface area contributed by atoms with Gasteiger partial charge in [-0.2, -0.15) is 11.8 Å². The number of benzene rings is 1. The standard InChI is InChI=1S/C13H18OS/c1-9-3-4-12(10(2)7-9)13(14)11-5-6-15-8-11/h3-4,7,11,13-14H,5-6,8H2,1-2H3. The Morgan fingerprint density at radius 1 is 1.40 bits per heavy atom. The molecule has 15 heavy (non-hydrogen) atoms. The summed E-state index contributed by atoms with van der Waals surface area (Å²) in [5.74, 6) is 2.76. The Hall–Kier alpha value is -0.470. The van der Waals surface area contributed by atoms with Gasteiger partial charge >= 0.3 is 0 Å². The normalized spacial score (nSPS) is 23.0. The molecule has 1 heterocycles. The van der Waals surface area contributed by atoms with Gasteiger partial charge in [0.15, 0.2) is 0 Å². The summed E-state index contributed by atoms with van der Waals surface area (Å²) in [5.41, 5.74) is 3.61. The van der Waals surface area contributed by atoms with Crippen LogP contribution in [0.1, 0.15) is 29.2 Å². The van der Waals surface area contributed by atoms with Crippen LogP contribution in [0.4, 0.5) is 0 Å². The molecule has 1 N–H and O–H groups in total. The first-order valence-electron chi connectivity index (χ1n) is 5.51. The first kappa shape index (κ1) is 11.0. The Morgan fingerprint density at radius 3 is 2.80 bits per heavy atom. The van der Waals surface area contributed by atoms with Crippen LogP contribution in [-0.4, -0.2) is 16.6 Å². The van der Waals surface area contributed by atoms with Crippen LogP contribution < -0.4 is 0 Å². The molecule has 1 saturated heterocycles. The average Bonchev–Trinajstić information content (AvgIpc) is 2.69. The van der Waals surface area contributed by atoms with E-state index in [1.54, 1.807) is 0 Å². The number of aliphatic hydroxyl groups is 1. The van der Waals surface area contributed by atoms with E-state index in [4.69, 9.17) is 0 Å². The first-order valence-corrected chi connectivity index (χ1v) is 6.67. The van der Waals surface area contributed by atoms with E-state index in [0.717, 1.165) is 17.7 Å². The molecule has 0 bridgehead atoms. The van der Waals surface area contributed by atoms with Gasteiger partial charge in [0.25, 0.3) is 0 Å². The summed E-state index contributed by atoms with van der Waals surface area (Å²) in [4.78, 5) is 0. The van der Waals surface area contributed by atoms with Gasteiger partial charge in [-0.1, -0.05) is 23.8 Å². The van der Waals surface area contributed by atoms with Crippen LogP contribution in [0.15, 0.2) is 18.2 Å². The molecule has 0 aliphatic carbocycles. The van der Waals surface area contributed by atoms with Gasteiger partial charge in [-0.3, -0.25) is 0 Å². The third-order valence-electron chi connectivity index (χ3n) is 3.16. The molecule has 2 rings (SSSR count). The molecule has 82 valence electrons. The highest BCUT2D eigenvalue weighted by Gasteiger charge is 2.25. The van der Waals surface area contributed by atoms with Gasteiger partial charge in [0, 0.05) is 0 Å². The van der Waals surface area contributed by atoms with Crippen molar-refractivity contribution in [1.29, 1.82) is 0 Å². The lowest BCUT2D eigenvalue weighted by molar-refractivity contribution is 0.120. The Morgan fingerprint density at radius 2 is 2.20 bits per heavy atom. The molecule has 0 saturated carbocycles. The zero-order valence-corrected chi connectivity index (χ0v) is 10.2. The molecular formula is C13H18OS. The average molecular weight is 222 g/mol. The number of thioether (sulfide) groups is 1. The van der Waals surface area contributed by atoms with Gasteiger partial charge in [0.2, 0.25) is 0 Å². The van der Waals surface area contributed by atoms with Crippen molar-refractivity contribution in [2.24, 2.45) is 5.92 Å². The first-order chi connectivity index (χ1) is 7.18. The van der Waals surface area contributed by atoms with Gasteiger partial charge < -0.3 is 5.11 Å². The molecule has 2 heteroatoms. The van der Waals surface area contributed by atoms with Crippen LogP contribution in [0.5, 0.6) is 0 Å². The molecule has 2 unspecified atom stereocenters. The maximum Gasteiger partial charge on any atom is 0.0828 e. The van der Waals surface area contributed by atoms with Crippen molar-refractivity contribution in [3.63, 3.8) is 0 Å². The molecule has 1 aromatic rings. The highest BCUT2D eigenvalue weighted by Crippen LogP contribution is 2.35. The summed E-state index contributed by atoms with van der Waals surface area (Å²) in [6, 6.07) is 6.33. The van der Waals surface area contributed by atoms with Gasteiger partial charge in [-0.25, -0.2) is 0 Å². The van der Waals surface area contributed by atoms with Crippen molar-refractivity contribution in [2.45, 2.75) is 26.4 Å². The van der Waals surface area contributed by atoms with E-state index in [-0.39, 0.29) is 6.10 Å². The lowest BCUT2D eigenvalue weighted by Gasteiger charge is -2.19. The van der Waals surface area contributed by atoms with E-state index in [2.05, 4.69) is 32.0 Å². The fourth-order valence-corrected chi connectivity index (χ4v) is 3.50. The zero-order chi connectivity index (χ0) is 10.8.